The first-order valence-corrected chi connectivity index (χ1v) is 4.85. The van der Waals surface area contributed by atoms with Gasteiger partial charge in [-0.25, -0.2) is 0 Å². The van der Waals surface area contributed by atoms with E-state index < -0.39 is 6.10 Å². The number of hydrogen-bond acceptors (Lipinski definition) is 3. The molecule has 1 aliphatic rings. The summed E-state index contributed by atoms with van der Waals surface area (Å²) >= 11 is 0. The topological polar surface area (TPSA) is 49.5 Å². The average molecular weight is 192 g/mol. The molecule has 0 bridgehead atoms. The normalized spacial score (nSPS) is 26.1. The van der Waals surface area contributed by atoms with Crippen LogP contribution in [0, 0.1) is 6.92 Å². The van der Waals surface area contributed by atoms with Crippen molar-refractivity contribution in [3.63, 3.8) is 0 Å². The fourth-order valence-corrected chi connectivity index (χ4v) is 2.18. The summed E-state index contributed by atoms with van der Waals surface area (Å²) < 4.78 is 0. The molecule has 3 nitrogen and oxygen atoms in total. The van der Waals surface area contributed by atoms with E-state index in [0.717, 1.165) is 11.3 Å². The lowest BCUT2D eigenvalue weighted by molar-refractivity contribution is 0.143. The standard InChI is InChI=1S/C11H16N2O/c1-7-4-3-5-8-10(7)13(2)6-9(12)11(8)14/h3-5,9,11,14H,6,12H2,1-2H3. The number of aliphatic hydroxyl groups excluding tert-OH is 1. The van der Waals surface area contributed by atoms with Gasteiger partial charge in [0, 0.05) is 24.8 Å². The highest BCUT2D eigenvalue weighted by Crippen LogP contribution is 2.34. The fourth-order valence-electron chi connectivity index (χ4n) is 2.18. The summed E-state index contributed by atoms with van der Waals surface area (Å²) in [5.41, 5.74) is 9.11. The molecule has 0 aromatic heterocycles. The SMILES string of the molecule is Cc1cccc2c1N(C)CC(N)C2O. The highest BCUT2D eigenvalue weighted by Gasteiger charge is 2.28. The van der Waals surface area contributed by atoms with Crippen molar-refractivity contribution in [2.75, 3.05) is 18.5 Å². The minimum absolute atomic E-state index is 0.186. The highest BCUT2D eigenvalue weighted by molar-refractivity contribution is 5.61. The van der Waals surface area contributed by atoms with Gasteiger partial charge >= 0.3 is 0 Å². The first-order valence-electron chi connectivity index (χ1n) is 4.85. The van der Waals surface area contributed by atoms with Crippen LogP contribution < -0.4 is 10.6 Å². The summed E-state index contributed by atoms with van der Waals surface area (Å²) in [6.07, 6.45) is -0.527. The minimum atomic E-state index is -0.527. The van der Waals surface area contributed by atoms with E-state index in [2.05, 4.69) is 17.9 Å². The zero-order valence-corrected chi connectivity index (χ0v) is 8.57. The molecule has 0 spiro atoms. The molecule has 14 heavy (non-hydrogen) atoms. The number of benzene rings is 1. The Hall–Kier alpha value is -1.06. The summed E-state index contributed by atoms with van der Waals surface area (Å²) in [5.74, 6) is 0. The first kappa shape index (κ1) is 9.49. The molecule has 2 atom stereocenters. The molecular weight excluding hydrogens is 176 g/mol. The molecule has 3 heteroatoms. The van der Waals surface area contributed by atoms with Crippen molar-refractivity contribution in [1.82, 2.24) is 0 Å². The van der Waals surface area contributed by atoms with Crippen molar-refractivity contribution in [2.24, 2.45) is 5.73 Å². The quantitative estimate of drug-likeness (QED) is 0.639. The molecule has 0 fully saturated rings. The Morgan fingerprint density at radius 1 is 1.50 bits per heavy atom. The van der Waals surface area contributed by atoms with E-state index in [1.54, 1.807) is 0 Å². The van der Waals surface area contributed by atoms with Gasteiger partial charge in [-0.1, -0.05) is 18.2 Å². The second-order valence-corrected chi connectivity index (χ2v) is 4.00. The van der Waals surface area contributed by atoms with Crippen LogP contribution in [-0.2, 0) is 0 Å². The summed E-state index contributed by atoms with van der Waals surface area (Å²) in [4.78, 5) is 2.11. The Kier molecular flexibility index (Phi) is 2.21. The molecular formula is C11H16N2O. The Labute approximate surface area is 84.1 Å². The largest absolute Gasteiger partial charge is 0.387 e. The van der Waals surface area contributed by atoms with Gasteiger partial charge in [0.2, 0.25) is 0 Å². The minimum Gasteiger partial charge on any atom is -0.387 e. The van der Waals surface area contributed by atoms with Crippen molar-refractivity contribution in [3.05, 3.63) is 29.3 Å². The number of hydrogen-bond donors (Lipinski definition) is 2. The van der Waals surface area contributed by atoms with E-state index in [1.165, 1.54) is 5.56 Å². The number of anilines is 1. The molecule has 1 aromatic rings. The van der Waals surface area contributed by atoms with E-state index in [1.807, 2.05) is 19.2 Å². The Bertz CT molecular complexity index is 351. The number of para-hydroxylation sites is 1. The van der Waals surface area contributed by atoms with Gasteiger partial charge in [-0.2, -0.15) is 0 Å². The number of fused-ring (bicyclic) bond motifs is 1. The van der Waals surface area contributed by atoms with Crippen LogP contribution in [0.5, 0.6) is 0 Å². The van der Waals surface area contributed by atoms with Crippen LogP contribution in [0.4, 0.5) is 5.69 Å². The van der Waals surface area contributed by atoms with Crippen molar-refractivity contribution >= 4 is 5.69 Å². The van der Waals surface area contributed by atoms with Crippen molar-refractivity contribution in [3.8, 4) is 0 Å². The van der Waals surface area contributed by atoms with Crippen LogP contribution >= 0.6 is 0 Å². The lowest BCUT2D eigenvalue weighted by atomic mass is 9.93. The van der Waals surface area contributed by atoms with Gasteiger partial charge in [-0.15, -0.1) is 0 Å². The molecule has 2 unspecified atom stereocenters. The molecule has 0 aliphatic carbocycles. The van der Waals surface area contributed by atoms with Crippen LogP contribution in [-0.4, -0.2) is 24.7 Å². The smallest absolute Gasteiger partial charge is 0.0978 e. The Morgan fingerprint density at radius 3 is 2.93 bits per heavy atom. The summed E-state index contributed by atoms with van der Waals surface area (Å²) in [6.45, 7) is 2.76. The first-order chi connectivity index (χ1) is 6.61. The van der Waals surface area contributed by atoms with E-state index in [4.69, 9.17) is 5.73 Å². The van der Waals surface area contributed by atoms with Gasteiger partial charge in [0.1, 0.15) is 0 Å². The zero-order chi connectivity index (χ0) is 10.3. The third-order valence-electron chi connectivity index (χ3n) is 2.86. The molecule has 0 saturated heterocycles. The molecule has 3 N–H and O–H groups in total. The number of aliphatic hydroxyl groups is 1. The Balaban J connectivity index is 2.55. The zero-order valence-electron chi connectivity index (χ0n) is 8.57. The van der Waals surface area contributed by atoms with Gasteiger partial charge in [-0.3, -0.25) is 0 Å². The Morgan fingerprint density at radius 2 is 2.21 bits per heavy atom. The average Bonchev–Trinajstić information content (AvgIpc) is 2.14. The predicted octanol–water partition coefficient (Wildman–Crippen LogP) is 0.806. The number of likely N-dealkylation sites (N-methyl/N-ethyl adjacent to an activating group) is 1. The lowest BCUT2D eigenvalue weighted by Crippen LogP contribution is -2.44. The van der Waals surface area contributed by atoms with Gasteiger partial charge in [0.15, 0.2) is 0 Å². The summed E-state index contributed by atoms with van der Waals surface area (Å²) in [7, 11) is 2.01. The molecule has 0 amide bonds. The third kappa shape index (κ3) is 1.29. The van der Waals surface area contributed by atoms with Gasteiger partial charge in [-0.05, 0) is 12.5 Å². The van der Waals surface area contributed by atoms with Gasteiger partial charge in [0.05, 0.1) is 12.1 Å². The molecule has 1 aliphatic heterocycles. The number of nitrogens with zero attached hydrogens (tertiary/aromatic N) is 1. The van der Waals surface area contributed by atoms with Crippen molar-refractivity contribution in [2.45, 2.75) is 19.1 Å². The van der Waals surface area contributed by atoms with Crippen LogP contribution in [0.2, 0.25) is 0 Å². The third-order valence-corrected chi connectivity index (χ3v) is 2.86. The monoisotopic (exact) mass is 192 g/mol. The second kappa shape index (κ2) is 3.26. The molecule has 0 saturated carbocycles. The van der Waals surface area contributed by atoms with E-state index >= 15 is 0 Å². The summed E-state index contributed by atoms with van der Waals surface area (Å²) in [6, 6.07) is 5.78. The molecule has 1 heterocycles. The highest BCUT2D eigenvalue weighted by atomic mass is 16.3. The predicted molar refractivity (Wildman–Crippen MR) is 57.4 cm³/mol. The lowest BCUT2D eigenvalue weighted by Gasteiger charge is -2.36. The molecule has 0 radical (unpaired) electrons. The number of nitrogens with two attached hydrogens (primary N) is 1. The number of rotatable bonds is 0. The van der Waals surface area contributed by atoms with Crippen molar-refractivity contribution in [1.29, 1.82) is 0 Å². The maximum atomic E-state index is 9.92. The molecule has 2 rings (SSSR count). The maximum absolute atomic E-state index is 9.92. The van der Waals surface area contributed by atoms with Crippen LogP contribution in [0.25, 0.3) is 0 Å². The van der Waals surface area contributed by atoms with E-state index in [-0.39, 0.29) is 6.04 Å². The summed E-state index contributed by atoms with van der Waals surface area (Å²) in [5, 5.41) is 9.92. The van der Waals surface area contributed by atoms with E-state index in [0.29, 0.717) is 6.54 Å². The van der Waals surface area contributed by atoms with Crippen molar-refractivity contribution < 1.29 is 5.11 Å². The van der Waals surface area contributed by atoms with Crippen LogP contribution in [0.3, 0.4) is 0 Å². The fraction of sp³-hybridized carbons (Fsp3) is 0.455. The molecule has 1 aromatic carbocycles. The maximum Gasteiger partial charge on any atom is 0.0978 e. The van der Waals surface area contributed by atoms with Gasteiger partial charge < -0.3 is 15.7 Å². The molecule has 76 valence electrons. The van der Waals surface area contributed by atoms with E-state index in [9.17, 15) is 5.11 Å². The second-order valence-electron chi connectivity index (χ2n) is 4.00. The number of aryl methyl sites for hydroxylation is 1. The van der Waals surface area contributed by atoms with Gasteiger partial charge in [0.25, 0.3) is 0 Å². The van der Waals surface area contributed by atoms with Crippen LogP contribution in [0.15, 0.2) is 18.2 Å². The van der Waals surface area contributed by atoms with Crippen LogP contribution in [0.1, 0.15) is 17.2 Å².